The number of hydrogen-bond donors (Lipinski definition) is 0. The van der Waals surface area contributed by atoms with Crippen molar-refractivity contribution in [2.45, 2.75) is 39.8 Å². The maximum atomic E-state index is 2.44. The van der Waals surface area contributed by atoms with Gasteiger partial charge in [0.1, 0.15) is 7.28 Å². The Morgan fingerprint density at radius 3 is 2.33 bits per heavy atom. The zero-order valence-electron chi connectivity index (χ0n) is 6.91. The van der Waals surface area contributed by atoms with Gasteiger partial charge in [-0.3, -0.25) is 0 Å². The summed E-state index contributed by atoms with van der Waals surface area (Å²) >= 11 is 0. The molecule has 1 fully saturated rings. The highest BCUT2D eigenvalue weighted by molar-refractivity contribution is 6.36. The van der Waals surface area contributed by atoms with Gasteiger partial charge in [0.2, 0.25) is 0 Å². The molecule has 0 bridgehead atoms. The first-order valence-corrected chi connectivity index (χ1v) is 4.15. The van der Waals surface area contributed by atoms with Crippen molar-refractivity contribution in [2.75, 3.05) is 0 Å². The fourth-order valence-corrected chi connectivity index (χ4v) is 1.76. The summed E-state index contributed by atoms with van der Waals surface area (Å²) < 4.78 is 0. The van der Waals surface area contributed by atoms with Crippen LogP contribution in [0.3, 0.4) is 0 Å². The Labute approximate surface area is 59.3 Å². The summed E-state index contributed by atoms with van der Waals surface area (Å²) in [7, 11) is 1.47. The van der Waals surface area contributed by atoms with Crippen LogP contribution in [-0.2, 0) is 0 Å². The molecule has 1 aliphatic rings. The van der Waals surface area contributed by atoms with Crippen molar-refractivity contribution in [3.63, 3.8) is 0 Å². The molecule has 0 aromatic rings. The van der Waals surface area contributed by atoms with Gasteiger partial charge in [-0.15, -0.1) is 0 Å². The lowest BCUT2D eigenvalue weighted by atomic mass is 9.69. The molecule has 0 N–H and O–H groups in total. The second-order valence-corrected chi connectivity index (χ2v) is 4.02. The molecule has 0 spiro atoms. The quantitative estimate of drug-likeness (QED) is 0.470. The van der Waals surface area contributed by atoms with Gasteiger partial charge in [-0.2, -0.15) is 0 Å². The molecule has 52 valence electrons. The van der Waals surface area contributed by atoms with Crippen molar-refractivity contribution in [1.29, 1.82) is 0 Å². The summed E-state index contributed by atoms with van der Waals surface area (Å²) in [6.45, 7) is 7.14. The second kappa shape index (κ2) is 2.36. The number of hydrogen-bond acceptors (Lipinski definition) is 0. The van der Waals surface area contributed by atoms with Gasteiger partial charge in [0.25, 0.3) is 0 Å². The van der Waals surface area contributed by atoms with Gasteiger partial charge in [0, 0.05) is 0 Å². The predicted octanol–water partition coefficient (Wildman–Crippen LogP) is 2.33. The molecule has 0 saturated carbocycles. The first-order chi connectivity index (χ1) is 4.15. The summed E-state index contributed by atoms with van der Waals surface area (Å²) in [6.07, 6.45) is 4.39. The monoisotopic (exact) mass is 124 g/mol. The third kappa shape index (κ3) is 1.31. The zero-order chi connectivity index (χ0) is 6.91. The van der Waals surface area contributed by atoms with Gasteiger partial charge in [-0.05, 0) is 11.3 Å². The van der Waals surface area contributed by atoms with Crippen LogP contribution in [0.1, 0.15) is 27.2 Å². The van der Waals surface area contributed by atoms with E-state index in [1.165, 1.54) is 26.3 Å². The molecule has 0 aromatic carbocycles. The maximum Gasteiger partial charge on any atom is 0.121 e. The van der Waals surface area contributed by atoms with E-state index in [0.717, 1.165) is 5.92 Å². The average molecular weight is 124 g/mol. The Hall–Kier alpha value is 0.0649. The number of rotatable bonds is 1. The summed E-state index contributed by atoms with van der Waals surface area (Å²) in [4.78, 5) is 0. The predicted molar refractivity (Wildman–Crippen MR) is 44.3 cm³/mol. The van der Waals surface area contributed by atoms with Crippen molar-refractivity contribution in [2.24, 2.45) is 11.3 Å². The summed E-state index contributed by atoms with van der Waals surface area (Å²) in [5.74, 6) is 0.889. The fraction of sp³-hybridized carbons (Fsp3) is 1.00. The lowest BCUT2D eigenvalue weighted by Crippen LogP contribution is -2.18. The highest BCUT2D eigenvalue weighted by atomic mass is 14.3. The van der Waals surface area contributed by atoms with Gasteiger partial charge in [-0.1, -0.05) is 39.8 Å². The van der Waals surface area contributed by atoms with Crippen LogP contribution in [0.15, 0.2) is 0 Å². The van der Waals surface area contributed by atoms with E-state index in [1.807, 2.05) is 0 Å². The molecular formula is C8H17B. The van der Waals surface area contributed by atoms with Crippen LogP contribution in [0.2, 0.25) is 12.6 Å². The van der Waals surface area contributed by atoms with Gasteiger partial charge in [-0.25, -0.2) is 0 Å². The third-order valence-electron chi connectivity index (χ3n) is 3.14. The lowest BCUT2D eigenvalue weighted by Gasteiger charge is -2.28. The topological polar surface area (TPSA) is 0 Å². The molecule has 1 atom stereocenters. The van der Waals surface area contributed by atoms with Crippen LogP contribution in [0, 0.1) is 11.3 Å². The van der Waals surface area contributed by atoms with Gasteiger partial charge in [0.15, 0.2) is 0 Å². The van der Waals surface area contributed by atoms with E-state index < -0.39 is 0 Å². The summed E-state index contributed by atoms with van der Waals surface area (Å²) in [5, 5.41) is 0. The van der Waals surface area contributed by atoms with Crippen LogP contribution in [0.4, 0.5) is 0 Å². The highest BCUT2D eigenvalue weighted by Crippen LogP contribution is 2.41. The molecule has 0 unspecified atom stereocenters. The van der Waals surface area contributed by atoms with Gasteiger partial charge >= 0.3 is 0 Å². The summed E-state index contributed by atoms with van der Waals surface area (Å²) in [6, 6.07) is 0. The van der Waals surface area contributed by atoms with Crippen molar-refractivity contribution in [1.82, 2.24) is 0 Å². The van der Waals surface area contributed by atoms with Crippen molar-refractivity contribution in [3.8, 4) is 0 Å². The van der Waals surface area contributed by atoms with Gasteiger partial charge < -0.3 is 0 Å². The molecule has 0 aliphatic carbocycles. The minimum Gasteiger partial charge on any atom is -0.0769 e. The maximum absolute atomic E-state index is 2.44. The Balaban J connectivity index is 2.51. The van der Waals surface area contributed by atoms with E-state index in [0.29, 0.717) is 5.41 Å². The average Bonchev–Trinajstić information content (AvgIpc) is 2.16. The van der Waals surface area contributed by atoms with Crippen LogP contribution >= 0.6 is 0 Å². The molecule has 0 aromatic heterocycles. The summed E-state index contributed by atoms with van der Waals surface area (Å²) in [5.41, 5.74) is 0.694. The first kappa shape index (κ1) is 7.18. The minimum absolute atomic E-state index is 0.694. The molecule has 9 heavy (non-hydrogen) atoms. The Kier molecular flexibility index (Phi) is 1.88. The molecule has 0 radical (unpaired) electrons. The Bertz CT molecular complexity index is 90.7. The van der Waals surface area contributed by atoms with E-state index >= 15 is 0 Å². The SMILES string of the molecule is CC(C)[C@]1(C)CBCC1. The van der Waals surface area contributed by atoms with E-state index in [1.54, 1.807) is 0 Å². The zero-order valence-corrected chi connectivity index (χ0v) is 6.91. The first-order valence-electron chi connectivity index (χ1n) is 4.15. The van der Waals surface area contributed by atoms with Gasteiger partial charge in [0.05, 0.1) is 0 Å². The normalized spacial score (nSPS) is 35.1. The minimum atomic E-state index is 0.694. The Morgan fingerprint density at radius 2 is 2.11 bits per heavy atom. The van der Waals surface area contributed by atoms with E-state index in [9.17, 15) is 0 Å². The molecule has 1 rings (SSSR count). The van der Waals surface area contributed by atoms with Crippen LogP contribution < -0.4 is 0 Å². The van der Waals surface area contributed by atoms with Crippen LogP contribution in [0.25, 0.3) is 0 Å². The van der Waals surface area contributed by atoms with Crippen LogP contribution in [0.5, 0.6) is 0 Å². The molecule has 1 aliphatic heterocycles. The lowest BCUT2D eigenvalue weighted by molar-refractivity contribution is 0.254. The van der Waals surface area contributed by atoms with Crippen molar-refractivity contribution in [3.05, 3.63) is 0 Å². The molecule has 0 amide bonds. The fourth-order valence-electron chi connectivity index (χ4n) is 1.76. The molecular weight excluding hydrogens is 107 g/mol. The highest BCUT2D eigenvalue weighted by Gasteiger charge is 2.31. The van der Waals surface area contributed by atoms with E-state index in [-0.39, 0.29) is 0 Å². The standard InChI is InChI=1S/C8H17B/c1-7(2)8(3)4-5-9-6-8/h7,9H,4-6H2,1-3H3/t8-/m0/s1. The Morgan fingerprint density at radius 1 is 1.44 bits per heavy atom. The van der Waals surface area contributed by atoms with E-state index in [4.69, 9.17) is 0 Å². The molecule has 1 heterocycles. The van der Waals surface area contributed by atoms with Crippen molar-refractivity contribution < 1.29 is 0 Å². The molecule has 0 nitrogen and oxygen atoms in total. The largest absolute Gasteiger partial charge is 0.121 e. The third-order valence-corrected chi connectivity index (χ3v) is 3.14. The molecule has 1 heteroatoms. The van der Waals surface area contributed by atoms with E-state index in [2.05, 4.69) is 20.8 Å². The van der Waals surface area contributed by atoms with Crippen molar-refractivity contribution >= 4 is 7.28 Å². The second-order valence-electron chi connectivity index (χ2n) is 4.02. The molecule has 1 saturated heterocycles. The van der Waals surface area contributed by atoms with Crippen LogP contribution in [-0.4, -0.2) is 7.28 Å². The smallest absolute Gasteiger partial charge is 0.0769 e.